The van der Waals surface area contributed by atoms with E-state index in [4.69, 9.17) is 19.2 Å². The molecule has 37 heavy (non-hydrogen) atoms. The minimum absolute atomic E-state index is 0.241. The van der Waals surface area contributed by atoms with Gasteiger partial charge in [0.05, 0.1) is 30.8 Å². The van der Waals surface area contributed by atoms with Crippen LogP contribution in [0.5, 0.6) is 11.5 Å². The van der Waals surface area contributed by atoms with Gasteiger partial charge in [-0.15, -0.1) is 6.58 Å². The maximum Gasteiger partial charge on any atom is 0.347 e. The third kappa shape index (κ3) is 6.85. The van der Waals surface area contributed by atoms with Crippen LogP contribution in [0.15, 0.2) is 57.4 Å². The zero-order valence-electron chi connectivity index (χ0n) is 21.6. The van der Waals surface area contributed by atoms with E-state index >= 15 is 0 Å². The van der Waals surface area contributed by atoms with Gasteiger partial charge in [0, 0.05) is 16.5 Å². The molecule has 0 aliphatic carbocycles. The number of hydrogen-bond donors (Lipinski definition) is 0. The number of allylic oxidation sites excluding steroid dienone is 1. The molecule has 0 N–H and O–H groups in total. The van der Waals surface area contributed by atoms with E-state index in [-0.39, 0.29) is 12.2 Å². The summed E-state index contributed by atoms with van der Waals surface area (Å²) in [6.45, 7) is 9.54. The highest BCUT2D eigenvalue weighted by Gasteiger charge is 2.21. The summed E-state index contributed by atoms with van der Waals surface area (Å²) in [6, 6.07) is 9.05. The molecule has 3 aromatic rings. The predicted octanol–water partition coefficient (Wildman–Crippen LogP) is 5.45. The lowest BCUT2D eigenvalue weighted by atomic mass is 10.1. The maximum absolute atomic E-state index is 13.4. The van der Waals surface area contributed by atoms with Crippen molar-refractivity contribution < 1.29 is 19.0 Å². The van der Waals surface area contributed by atoms with Crippen LogP contribution in [-0.4, -0.2) is 41.7 Å². The lowest BCUT2D eigenvalue weighted by molar-refractivity contribution is -0.150. The summed E-state index contributed by atoms with van der Waals surface area (Å²) in [6.07, 6.45) is 5.44. The summed E-state index contributed by atoms with van der Waals surface area (Å²) < 4.78 is 18.7. The minimum atomic E-state index is -0.820. The largest absolute Gasteiger partial charge is 0.493 e. The number of aromatic nitrogens is 2. The molecule has 0 saturated heterocycles. The highest BCUT2D eigenvalue weighted by Crippen LogP contribution is 2.34. The first-order valence-electron chi connectivity index (χ1n) is 12.2. The van der Waals surface area contributed by atoms with E-state index in [1.807, 2.05) is 18.2 Å². The molecule has 0 unspecified atom stereocenters. The topological polar surface area (TPSA) is 92.0 Å². The zero-order valence-corrected chi connectivity index (χ0v) is 23.2. The van der Waals surface area contributed by atoms with Gasteiger partial charge < -0.3 is 14.2 Å². The predicted molar refractivity (Wildman–Crippen MR) is 149 cm³/mol. The smallest absolute Gasteiger partial charge is 0.347 e. The van der Waals surface area contributed by atoms with Crippen molar-refractivity contribution in [3.8, 4) is 11.5 Å². The van der Waals surface area contributed by atoms with Crippen molar-refractivity contribution in [2.45, 2.75) is 52.6 Å². The molecule has 0 aliphatic heterocycles. The summed E-state index contributed by atoms with van der Waals surface area (Å²) in [5.41, 5.74) is 1.84. The molecule has 0 radical (unpaired) electrons. The van der Waals surface area contributed by atoms with Gasteiger partial charge in [-0.2, -0.15) is 9.78 Å². The fourth-order valence-electron chi connectivity index (χ4n) is 3.77. The Bertz CT molecular complexity index is 1370. The van der Waals surface area contributed by atoms with Crippen molar-refractivity contribution >= 4 is 39.0 Å². The molecule has 196 valence electrons. The minimum Gasteiger partial charge on any atom is -0.493 e. The molecule has 0 bridgehead atoms. The van der Waals surface area contributed by atoms with Crippen molar-refractivity contribution in [1.82, 2.24) is 9.66 Å². The number of rotatable bonds is 12. The highest BCUT2D eigenvalue weighted by molar-refractivity contribution is 9.10. The monoisotopic (exact) mass is 569 g/mol. The lowest BCUT2D eigenvalue weighted by Gasteiger charge is -2.19. The Hall–Kier alpha value is -3.46. The van der Waals surface area contributed by atoms with Crippen LogP contribution in [0.3, 0.4) is 0 Å². The van der Waals surface area contributed by atoms with E-state index in [2.05, 4.69) is 34.5 Å². The molecule has 1 aromatic heterocycles. The zero-order chi connectivity index (χ0) is 26.9. The molecule has 0 aliphatic rings. The number of methoxy groups -OCH3 is 1. The van der Waals surface area contributed by atoms with Crippen molar-refractivity contribution in [2.75, 3.05) is 13.7 Å². The number of carbonyl (C=O) groups is 1. The van der Waals surface area contributed by atoms with Gasteiger partial charge in [-0.05, 0) is 62.6 Å². The molecular weight excluding hydrogens is 538 g/mol. The van der Waals surface area contributed by atoms with Crippen LogP contribution in [0.4, 0.5) is 0 Å². The van der Waals surface area contributed by atoms with Crippen LogP contribution in [0, 0.1) is 0 Å². The molecule has 3 rings (SSSR count). The Morgan fingerprint density at radius 3 is 2.73 bits per heavy atom. The van der Waals surface area contributed by atoms with Crippen molar-refractivity contribution in [1.29, 1.82) is 0 Å². The number of halogens is 1. The van der Waals surface area contributed by atoms with Crippen LogP contribution < -0.4 is 15.0 Å². The van der Waals surface area contributed by atoms with Crippen LogP contribution in [0.1, 0.15) is 50.6 Å². The van der Waals surface area contributed by atoms with Crippen LogP contribution >= 0.6 is 15.9 Å². The van der Waals surface area contributed by atoms with E-state index in [9.17, 15) is 9.59 Å². The normalized spacial score (nSPS) is 12.0. The second-order valence-electron chi connectivity index (χ2n) is 8.37. The summed E-state index contributed by atoms with van der Waals surface area (Å²) in [4.78, 5) is 30.2. The van der Waals surface area contributed by atoms with Crippen LogP contribution in [-0.2, 0) is 22.4 Å². The lowest BCUT2D eigenvalue weighted by Crippen LogP contribution is -2.26. The molecule has 9 heteroatoms. The Morgan fingerprint density at radius 1 is 1.27 bits per heavy atom. The fraction of sp³-hybridized carbons (Fsp3) is 0.357. The number of unbranched alkanes of at least 4 members (excludes halogenated alkanes) is 1. The van der Waals surface area contributed by atoms with Crippen LogP contribution in [0.2, 0.25) is 0 Å². The number of aryl methyl sites for hydroxylation is 1. The van der Waals surface area contributed by atoms with Gasteiger partial charge in [0.2, 0.25) is 0 Å². The van der Waals surface area contributed by atoms with Crippen LogP contribution in [0.25, 0.3) is 10.9 Å². The molecule has 8 nitrogen and oxygen atoms in total. The third-order valence-electron chi connectivity index (χ3n) is 5.60. The first-order chi connectivity index (χ1) is 17.8. The van der Waals surface area contributed by atoms with Gasteiger partial charge in [-0.3, -0.25) is 4.79 Å². The van der Waals surface area contributed by atoms with Gasteiger partial charge in [-0.25, -0.2) is 9.78 Å². The SMILES string of the molecule is C=CCc1cc(C=Nn2c(CCCC)nc3ccc(Br)cc3c2=O)cc(OC)c1O[C@H](C)C(=O)OCC. The highest BCUT2D eigenvalue weighted by atomic mass is 79.9. The average Bonchev–Trinajstić information content (AvgIpc) is 2.88. The number of fused-ring (bicyclic) bond motifs is 1. The summed E-state index contributed by atoms with van der Waals surface area (Å²) in [5, 5.41) is 5.01. The second-order valence-corrected chi connectivity index (χ2v) is 9.29. The number of nitrogens with zero attached hydrogens (tertiary/aromatic N) is 3. The molecule has 1 heterocycles. The third-order valence-corrected chi connectivity index (χ3v) is 6.10. The number of esters is 1. The van der Waals surface area contributed by atoms with Crippen molar-refractivity contribution in [3.63, 3.8) is 0 Å². The quantitative estimate of drug-likeness (QED) is 0.163. The van der Waals surface area contributed by atoms with E-state index in [1.54, 1.807) is 38.3 Å². The molecule has 1 atom stereocenters. The fourth-order valence-corrected chi connectivity index (χ4v) is 4.13. The van der Waals surface area contributed by atoms with E-state index in [1.165, 1.54) is 11.8 Å². The summed E-state index contributed by atoms with van der Waals surface area (Å²) >= 11 is 3.43. The van der Waals surface area contributed by atoms with Crippen molar-refractivity contribution in [2.24, 2.45) is 5.10 Å². The molecule has 2 aromatic carbocycles. The Morgan fingerprint density at radius 2 is 2.05 bits per heavy atom. The van der Waals surface area contributed by atoms with E-state index < -0.39 is 12.1 Å². The van der Waals surface area contributed by atoms with Gasteiger partial charge in [0.25, 0.3) is 5.56 Å². The summed E-state index contributed by atoms with van der Waals surface area (Å²) in [7, 11) is 1.52. The average molecular weight is 570 g/mol. The molecule has 0 saturated carbocycles. The Balaban J connectivity index is 2.07. The molecule has 0 spiro atoms. The molecule has 0 amide bonds. The van der Waals surface area contributed by atoms with E-state index in [0.717, 1.165) is 22.9 Å². The summed E-state index contributed by atoms with van der Waals surface area (Å²) in [5.74, 6) is 0.989. The maximum atomic E-state index is 13.4. The standard InChI is InChI=1S/C28H32BrN3O5/c1-6-9-11-25-31-23-13-12-21(29)16-22(23)27(33)32(25)30-17-19-14-20(10-7-2)26(24(15-19)35-5)37-18(4)28(34)36-8-3/h7,12-18H,2,6,8-11H2,1,3-5H3/t18-/m1/s1. The second kappa shape index (κ2) is 13.2. The van der Waals surface area contributed by atoms with Crippen molar-refractivity contribution in [3.05, 3.63) is 74.8 Å². The number of hydrogen-bond acceptors (Lipinski definition) is 7. The number of ether oxygens (including phenoxy) is 3. The number of carbonyl (C=O) groups excluding carboxylic acids is 1. The Kier molecular flexibility index (Phi) is 10.0. The van der Waals surface area contributed by atoms with Gasteiger partial charge >= 0.3 is 5.97 Å². The van der Waals surface area contributed by atoms with E-state index in [0.29, 0.717) is 46.6 Å². The Labute approximate surface area is 225 Å². The van der Waals surface area contributed by atoms with Gasteiger partial charge in [0.1, 0.15) is 5.82 Å². The first-order valence-corrected chi connectivity index (χ1v) is 13.0. The number of benzene rings is 2. The van der Waals surface area contributed by atoms with Gasteiger partial charge in [-0.1, -0.05) is 35.4 Å². The molecular formula is C28H32BrN3O5. The molecule has 0 fully saturated rings. The van der Waals surface area contributed by atoms with Gasteiger partial charge in [0.15, 0.2) is 17.6 Å². The first kappa shape index (κ1) is 28.1.